The van der Waals surface area contributed by atoms with Crippen LogP contribution < -0.4 is 5.56 Å². The molecule has 0 spiro atoms. The Labute approximate surface area is 149 Å². The molecule has 0 aliphatic carbocycles. The fourth-order valence-corrected chi connectivity index (χ4v) is 3.39. The van der Waals surface area contributed by atoms with Gasteiger partial charge in [0.05, 0.1) is 6.54 Å². The standard InChI is InChI=1S/C20H18FN3O2/c21-17-8-2-1-6-15(17)13-24-18-14(7-5-9-22-18)12-16(20(24)26)19(25)23-10-3-4-11-23/h1-2,5-9,12H,3-4,10-11,13H2. The minimum absolute atomic E-state index is 0.0279. The summed E-state index contributed by atoms with van der Waals surface area (Å²) >= 11 is 0. The zero-order chi connectivity index (χ0) is 18.1. The molecule has 0 bridgehead atoms. The number of nitrogens with zero attached hydrogens (tertiary/aromatic N) is 3. The van der Waals surface area contributed by atoms with Crippen molar-refractivity contribution < 1.29 is 9.18 Å². The Morgan fingerprint density at radius 3 is 2.65 bits per heavy atom. The molecule has 1 aromatic carbocycles. The zero-order valence-corrected chi connectivity index (χ0v) is 14.2. The van der Waals surface area contributed by atoms with Crippen LogP contribution in [0.1, 0.15) is 28.8 Å². The second kappa shape index (κ2) is 6.71. The van der Waals surface area contributed by atoms with Crippen molar-refractivity contribution in [3.63, 3.8) is 0 Å². The summed E-state index contributed by atoms with van der Waals surface area (Å²) in [5.41, 5.74) is 0.506. The molecule has 2 aromatic heterocycles. The minimum atomic E-state index is -0.434. The first-order valence-electron chi connectivity index (χ1n) is 8.66. The van der Waals surface area contributed by atoms with E-state index in [9.17, 15) is 14.0 Å². The van der Waals surface area contributed by atoms with Crippen molar-refractivity contribution in [1.82, 2.24) is 14.5 Å². The number of likely N-dealkylation sites (tertiary alicyclic amines) is 1. The lowest BCUT2D eigenvalue weighted by Crippen LogP contribution is -2.35. The molecule has 0 N–H and O–H groups in total. The highest BCUT2D eigenvalue weighted by Gasteiger charge is 2.24. The number of hydrogen-bond acceptors (Lipinski definition) is 3. The van der Waals surface area contributed by atoms with Crippen molar-refractivity contribution in [2.45, 2.75) is 19.4 Å². The molecule has 0 saturated carbocycles. The van der Waals surface area contributed by atoms with E-state index in [-0.39, 0.29) is 23.8 Å². The monoisotopic (exact) mass is 351 g/mol. The molecule has 3 heterocycles. The highest BCUT2D eigenvalue weighted by atomic mass is 19.1. The van der Waals surface area contributed by atoms with Crippen LogP contribution in [0.2, 0.25) is 0 Å². The SMILES string of the molecule is O=C(c1cc2cccnc2n(Cc2ccccc2F)c1=O)N1CCCC1. The van der Waals surface area contributed by atoms with Crippen molar-refractivity contribution in [2.24, 2.45) is 0 Å². The van der Waals surface area contributed by atoms with E-state index in [2.05, 4.69) is 4.98 Å². The normalized spacial score (nSPS) is 14.1. The maximum atomic E-state index is 14.1. The number of halogens is 1. The van der Waals surface area contributed by atoms with E-state index in [4.69, 9.17) is 0 Å². The Morgan fingerprint density at radius 2 is 1.88 bits per heavy atom. The molecular formula is C20H18FN3O2. The van der Waals surface area contributed by atoms with Crippen molar-refractivity contribution in [3.05, 3.63) is 76.0 Å². The van der Waals surface area contributed by atoms with Gasteiger partial charge in [-0.05, 0) is 37.1 Å². The number of hydrogen-bond donors (Lipinski definition) is 0. The first-order chi connectivity index (χ1) is 12.6. The highest BCUT2D eigenvalue weighted by Crippen LogP contribution is 2.17. The van der Waals surface area contributed by atoms with Crippen LogP contribution in [0.3, 0.4) is 0 Å². The van der Waals surface area contributed by atoms with Crippen LogP contribution in [-0.2, 0) is 6.54 Å². The van der Waals surface area contributed by atoms with E-state index in [1.807, 2.05) is 0 Å². The van der Waals surface area contributed by atoms with Crippen molar-refractivity contribution in [3.8, 4) is 0 Å². The third-order valence-corrected chi connectivity index (χ3v) is 4.76. The molecule has 1 aliphatic heterocycles. The molecule has 132 valence electrons. The Kier molecular flexibility index (Phi) is 4.24. The molecule has 1 amide bonds. The third kappa shape index (κ3) is 2.87. The molecule has 1 fully saturated rings. The Morgan fingerprint density at radius 1 is 1.12 bits per heavy atom. The zero-order valence-electron chi connectivity index (χ0n) is 14.2. The Bertz CT molecular complexity index is 1040. The molecule has 1 aliphatic rings. The van der Waals surface area contributed by atoms with Crippen LogP contribution in [-0.4, -0.2) is 33.4 Å². The Hall–Kier alpha value is -3.02. The van der Waals surface area contributed by atoms with E-state index in [0.717, 1.165) is 12.8 Å². The van der Waals surface area contributed by atoms with Gasteiger partial charge >= 0.3 is 0 Å². The molecule has 26 heavy (non-hydrogen) atoms. The van der Waals surface area contributed by atoms with Crippen LogP contribution in [0, 0.1) is 5.82 Å². The molecule has 3 aromatic rings. The summed E-state index contributed by atoms with van der Waals surface area (Å²) in [6.45, 7) is 1.35. The van der Waals surface area contributed by atoms with Gasteiger partial charge in [0.1, 0.15) is 17.0 Å². The number of carbonyl (C=O) groups excluding carboxylic acids is 1. The van der Waals surface area contributed by atoms with Crippen LogP contribution >= 0.6 is 0 Å². The Balaban J connectivity index is 1.87. The molecule has 5 nitrogen and oxygen atoms in total. The maximum absolute atomic E-state index is 14.1. The summed E-state index contributed by atoms with van der Waals surface area (Å²) < 4.78 is 15.5. The molecular weight excluding hydrogens is 333 g/mol. The number of carbonyl (C=O) groups is 1. The van der Waals surface area contributed by atoms with Gasteiger partial charge in [0.2, 0.25) is 0 Å². The van der Waals surface area contributed by atoms with Crippen LogP contribution in [0.15, 0.2) is 53.5 Å². The smallest absolute Gasteiger partial charge is 0.265 e. The van der Waals surface area contributed by atoms with Crippen LogP contribution in [0.5, 0.6) is 0 Å². The number of rotatable bonds is 3. The summed E-state index contributed by atoms with van der Waals surface area (Å²) in [4.78, 5) is 31.8. The fraction of sp³-hybridized carbons (Fsp3) is 0.250. The fourth-order valence-electron chi connectivity index (χ4n) is 3.39. The lowest BCUT2D eigenvalue weighted by atomic mass is 10.1. The number of amides is 1. The van der Waals surface area contributed by atoms with Gasteiger partial charge < -0.3 is 4.90 Å². The van der Waals surface area contributed by atoms with Gasteiger partial charge in [-0.25, -0.2) is 9.37 Å². The van der Waals surface area contributed by atoms with E-state index in [0.29, 0.717) is 29.7 Å². The van der Waals surface area contributed by atoms with E-state index in [1.54, 1.807) is 47.5 Å². The number of aromatic nitrogens is 2. The quantitative estimate of drug-likeness (QED) is 0.729. The highest BCUT2D eigenvalue weighted by molar-refractivity contribution is 5.97. The lowest BCUT2D eigenvalue weighted by molar-refractivity contribution is 0.0790. The molecule has 0 unspecified atom stereocenters. The van der Waals surface area contributed by atoms with Crippen molar-refractivity contribution in [1.29, 1.82) is 0 Å². The van der Waals surface area contributed by atoms with E-state index in [1.165, 1.54) is 10.6 Å². The van der Waals surface area contributed by atoms with Gasteiger partial charge in [0.15, 0.2) is 0 Å². The van der Waals surface area contributed by atoms with Gasteiger partial charge in [-0.3, -0.25) is 14.2 Å². The predicted octanol–water partition coefficient (Wildman–Crippen LogP) is 2.82. The van der Waals surface area contributed by atoms with Crippen molar-refractivity contribution >= 4 is 16.9 Å². The molecule has 0 atom stereocenters. The summed E-state index contributed by atoms with van der Waals surface area (Å²) in [7, 11) is 0. The second-order valence-corrected chi connectivity index (χ2v) is 6.46. The first kappa shape index (κ1) is 16.4. The van der Waals surface area contributed by atoms with E-state index < -0.39 is 5.56 Å². The van der Waals surface area contributed by atoms with Gasteiger partial charge in [0.25, 0.3) is 11.5 Å². The minimum Gasteiger partial charge on any atom is -0.338 e. The van der Waals surface area contributed by atoms with Gasteiger partial charge in [-0.15, -0.1) is 0 Å². The van der Waals surface area contributed by atoms with Gasteiger partial charge in [-0.1, -0.05) is 18.2 Å². The topological polar surface area (TPSA) is 55.2 Å². The molecule has 6 heteroatoms. The average Bonchev–Trinajstić information content (AvgIpc) is 3.19. The third-order valence-electron chi connectivity index (χ3n) is 4.76. The second-order valence-electron chi connectivity index (χ2n) is 6.46. The summed E-state index contributed by atoms with van der Waals surface area (Å²) in [5.74, 6) is -0.653. The molecule has 0 radical (unpaired) electrons. The first-order valence-corrected chi connectivity index (χ1v) is 8.66. The van der Waals surface area contributed by atoms with Crippen LogP contribution in [0.4, 0.5) is 4.39 Å². The number of pyridine rings is 2. The van der Waals surface area contributed by atoms with Gasteiger partial charge in [-0.2, -0.15) is 0 Å². The van der Waals surface area contributed by atoms with Crippen LogP contribution in [0.25, 0.3) is 11.0 Å². The predicted molar refractivity (Wildman–Crippen MR) is 96.6 cm³/mol. The lowest BCUT2D eigenvalue weighted by Gasteiger charge is -2.17. The molecule has 1 saturated heterocycles. The largest absolute Gasteiger partial charge is 0.338 e. The van der Waals surface area contributed by atoms with Gasteiger partial charge in [0, 0.05) is 30.2 Å². The number of fused-ring (bicyclic) bond motifs is 1. The maximum Gasteiger partial charge on any atom is 0.265 e. The average molecular weight is 351 g/mol. The number of benzene rings is 1. The summed E-state index contributed by atoms with van der Waals surface area (Å²) in [6, 6.07) is 11.5. The van der Waals surface area contributed by atoms with Crippen molar-refractivity contribution in [2.75, 3.05) is 13.1 Å². The summed E-state index contributed by atoms with van der Waals surface area (Å²) in [6.07, 6.45) is 3.48. The van der Waals surface area contributed by atoms with E-state index >= 15 is 0 Å². The summed E-state index contributed by atoms with van der Waals surface area (Å²) in [5, 5.41) is 0.686. The molecule has 4 rings (SSSR count).